The predicted molar refractivity (Wildman–Crippen MR) is 82.5 cm³/mol. The minimum atomic E-state index is 0.0521. The van der Waals surface area contributed by atoms with Gasteiger partial charge >= 0.3 is 0 Å². The summed E-state index contributed by atoms with van der Waals surface area (Å²) in [5.74, 6) is 0.634. The summed E-state index contributed by atoms with van der Waals surface area (Å²) in [5, 5.41) is 3.64. The highest BCUT2D eigenvalue weighted by molar-refractivity contribution is 6.31. The molecule has 5 heteroatoms. The van der Waals surface area contributed by atoms with E-state index in [1.807, 2.05) is 18.2 Å². The van der Waals surface area contributed by atoms with Crippen LogP contribution in [-0.4, -0.2) is 30.4 Å². The number of nitrogens with one attached hydrogen (secondary N) is 1. The number of nitrogens with two attached hydrogens (primary N) is 1. The third kappa shape index (κ3) is 4.12. The fraction of sp³-hybridized carbons (Fsp3) is 0.533. The standard InChI is InChI=1S/C15H22ClN3O/c1-11(20)18-9-12-5-7-19(8-6-12)10-13-14(16)3-2-4-15(13)17/h2-4,12H,5-10,17H2,1H3,(H,18,20). The third-order valence-corrected chi connectivity index (χ3v) is 4.24. The van der Waals surface area contributed by atoms with Gasteiger partial charge in [0, 0.05) is 36.3 Å². The maximum absolute atomic E-state index is 10.9. The number of likely N-dealkylation sites (tertiary alicyclic amines) is 1. The molecule has 1 saturated heterocycles. The van der Waals surface area contributed by atoms with Crippen LogP contribution in [0.25, 0.3) is 0 Å². The summed E-state index contributed by atoms with van der Waals surface area (Å²) in [6.07, 6.45) is 2.20. The van der Waals surface area contributed by atoms with E-state index in [2.05, 4.69) is 10.2 Å². The summed E-state index contributed by atoms with van der Waals surface area (Å²) in [7, 11) is 0. The van der Waals surface area contributed by atoms with Gasteiger partial charge in [-0.05, 0) is 44.0 Å². The Balaban J connectivity index is 1.84. The number of nitrogen functional groups attached to an aromatic ring is 1. The number of hydrogen-bond acceptors (Lipinski definition) is 3. The number of rotatable bonds is 4. The monoisotopic (exact) mass is 295 g/mol. The van der Waals surface area contributed by atoms with Crippen molar-refractivity contribution in [2.75, 3.05) is 25.4 Å². The van der Waals surface area contributed by atoms with Gasteiger partial charge in [-0.2, -0.15) is 0 Å². The fourth-order valence-electron chi connectivity index (χ4n) is 2.60. The lowest BCUT2D eigenvalue weighted by Crippen LogP contribution is -2.38. The molecule has 0 atom stereocenters. The van der Waals surface area contributed by atoms with Crippen molar-refractivity contribution in [3.05, 3.63) is 28.8 Å². The Bertz CT molecular complexity index is 450. The van der Waals surface area contributed by atoms with E-state index in [0.717, 1.165) is 55.3 Å². The normalized spacial score (nSPS) is 17.1. The number of benzene rings is 1. The average molecular weight is 296 g/mol. The minimum absolute atomic E-state index is 0.0521. The van der Waals surface area contributed by atoms with Crippen LogP contribution in [0.2, 0.25) is 5.02 Å². The van der Waals surface area contributed by atoms with Crippen molar-refractivity contribution < 1.29 is 4.79 Å². The lowest BCUT2D eigenvalue weighted by Gasteiger charge is -2.32. The van der Waals surface area contributed by atoms with Crippen molar-refractivity contribution in [2.24, 2.45) is 5.92 Å². The first-order valence-corrected chi connectivity index (χ1v) is 7.43. The van der Waals surface area contributed by atoms with Gasteiger partial charge in [-0.15, -0.1) is 0 Å². The van der Waals surface area contributed by atoms with Gasteiger partial charge in [-0.1, -0.05) is 17.7 Å². The fourth-order valence-corrected chi connectivity index (χ4v) is 2.84. The molecule has 20 heavy (non-hydrogen) atoms. The van der Waals surface area contributed by atoms with Crippen molar-refractivity contribution >= 4 is 23.2 Å². The van der Waals surface area contributed by atoms with E-state index >= 15 is 0 Å². The van der Waals surface area contributed by atoms with Crippen LogP contribution in [0.15, 0.2) is 18.2 Å². The highest BCUT2D eigenvalue weighted by atomic mass is 35.5. The van der Waals surface area contributed by atoms with Crippen LogP contribution < -0.4 is 11.1 Å². The van der Waals surface area contributed by atoms with Gasteiger partial charge in [-0.3, -0.25) is 9.69 Å². The Hall–Kier alpha value is -1.26. The van der Waals surface area contributed by atoms with E-state index in [1.165, 1.54) is 0 Å². The van der Waals surface area contributed by atoms with E-state index in [1.54, 1.807) is 6.92 Å². The number of anilines is 1. The first-order chi connectivity index (χ1) is 9.56. The molecule has 1 aliphatic rings. The van der Waals surface area contributed by atoms with Crippen LogP contribution in [0.3, 0.4) is 0 Å². The number of hydrogen-bond donors (Lipinski definition) is 2. The van der Waals surface area contributed by atoms with Crippen molar-refractivity contribution in [2.45, 2.75) is 26.3 Å². The summed E-state index contributed by atoms with van der Waals surface area (Å²) >= 11 is 6.21. The molecule has 1 aromatic rings. The predicted octanol–water partition coefficient (Wildman–Crippen LogP) is 2.27. The Morgan fingerprint density at radius 2 is 2.15 bits per heavy atom. The molecule has 0 bridgehead atoms. The Morgan fingerprint density at radius 1 is 1.45 bits per heavy atom. The summed E-state index contributed by atoms with van der Waals surface area (Å²) in [6.45, 7) is 5.20. The molecule has 2 rings (SSSR count). The van der Waals surface area contributed by atoms with Crippen molar-refractivity contribution in [3.63, 3.8) is 0 Å². The molecule has 3 N–H and O–H groups in total. The van der Waals surface area contributed by atoms with Gasteiger partial charge in [0.05, 0.1) is 0 Å². The van der Waals surface area contributed by atoms with Crippen LogP contribution in [-0.2, 0) is 11.3 Å². The zero-order chi connectivity index (χ0) is 14.5. The van der Waals surface area contributed by atoms with Crippen molar-refractivity contribution in [1.82, 2.24) is 10.2 Å². The summed E-state index contributed by atoms with van der Waals surface area (Å²) in [4.78, 5) is 13.3. The number of piperidine rings is 1. The molecular formula is C15H22ClN3O. The van der Waals surface area contributed by atoms with E-state index in [-0.39, 0.29) is 5.91 Å². The molecule has 1 heterocycles. The first-order valence-electron chi connectivity index (χ1n) is 7.06. The number of nitrogens with zero attached hydrogens (tertiary/aromatic N) is 1. The van der Waals surface area contributed by atoms with Crippen molar-refractivity contribution in [3.8, 4) is 0 Å². The molecule has 1 aromatic carbocycles. The summed E-state index contributed by atoms with van der Waals surface area (Å²) < 4.78 is 0. The van der Waals surface area contributed by atoms with Crippen LogP contribution in [0.1, 0.15) is 25.3 Å². The molecule has 1 fully saturated rings. The molecule has 0 radical (unpaired) electrons. The zero-order valence-corrected chi connectivity index (χ0v) is 12.6. The molecule has 0 unspecified atom stereocenters. The highest BCUT2D eigenvalue weighted by Crippen LogP contribution is 2.26. The molecule has 110 valence electrons. The largest absolute Gasteiger partial charge is 0.398 e. The molecule has 1 amide bonds. The molecular weight excluding hydrogens is 274 g/mol. The molecule has 0 aromatic heterocycles. The number of carbonyl (C=O) groups is 1. The highest BCUT2D eigenvalue weighted by Gasteiger charge is 2.20. The van der Waals surface area contributed by atoms with Crippen LogP contribution in [0.5, 0.6) is 0 Å². The van der Waals surface area contributed by atoms with Gasteiger partial charge in [0.25, 0.3) is 0 Å². The smallest absolute Gasteiger partial charge is 0.216 e. The lowest BCUT2D eigenvalue weighted by atomic mass is 9.96. The van der Waals surface area contributed by atoms with Crippen molar-refractivity contribution in [1.29, 1.82) is 0 Å². The number of amides is 1. The van der Waals surface area contributed by atoms with E-state index in [0.29, 0.717) is 5.92 Å². The van der Waals surface area contributed by atoms with Crippen LogP contribution in [0, 0.1) is 5.92 Å². The van der Waals surface area contributed by atoms with E-state index in [4.69, 9.17) is 17.3 Å². The number of carbonyl (C=O) groups excluding carboxylic acids is 1. The van der Waals surface area contributed by atoms with Gasteiger partial charge in [-0.25, -0.2) is 0 Å². The average Bonchev–Trinajstić information content (AvgIpc) is 2.42. The molecule has 0 spiro atoms. The van der Waals surface area contributed by atoms with Gasteiger partial charge in [0.15, 0.2) is 0 Å². The van der Waals surface area contributed by atoms with Crippen LogP contribution in [0.4, 0.5) is 5.69 Å². The maximum atomic E-state index is 10.9. The third-order valence-electron chi connectivity index (χ3n) is 3.88. The second-order valence-electron chi connectivity index (χ2n) is 5.46. The van der Waals surface area contributed by atoms with Gasteiger partial charge in [0.2, 0.25) is 5.91 Å². The quantitative estimate of drug-likeness (QED) is 0.838. The summed E-state index contributed by atoms with van der Waals surface area (Å²) in [5.41, 5.74) is 7.77. The second-order valence-corrected chi connectivity index (χ2v) is 5.87. The SMILES string of the molecule is CC(=O)NCC1CCN(Cc2c(N)cccc2Cl)CC1. The lowest BCUT2D eigenvalue weighted by molar-refractivity contribution is -0.119. The Morgan fingerprint density at radius 3 is 2.75 bits per heavy atom. The van der Waals surface area contributed by atoms with E-state index in [9.17, 15) is 4.79 Å². The topological polar surface area (TPSA) is 58.4 Å². The minimum Gasteiger partial charge on any atom is -0.398 e. The molecule has 1 aliphatic heterocycles. The summed E-state index contributed by atoms with van der Waals surface area (Å²) in [6, 6.07) is 5.66. The Labute approximate surface area is 125 Å². The van der Waals surface area contributed by atoms with Gasteiger partial charge in [0.1, 0.15) is 0 Å². The second kappa shape index (κ2) is 6.95. The van der Waals surface area contributed by atoms with Gasteiger partial charge < -0.3 is 11.1 Å². The first kappa shape index (κ1) is 15.1. The molecule has 0 aliphatic carbocycles. The molecule has 4 nitrogen and oxygen atoms in total. The Kier molecular flexibility index (Phi) is 5.26. The van der Waals surface area contributed by atoms with E-state index < -0.39 is 0 Å². The van der Waals surface area contributed by atoms with Crippen LogP contribution >= 0.6 is 11.6 Å². The zero-order valence-electron chi connectivity index (χ0n) is 11.9. The molecule has 0 saturated carbocycles. The maximum Gasteiger partial charge on any atom is 0.216 e. The number of halogens is 1.